The van der Waals surface area contributed by atoms with Crippen LogP contribution in [0.4, 0.5) is 0 Å². The smallest absolute Gasteiger partial charge is 0.243 e. The van der Waals surface area contributed by atoms with Crippen LogP contribution in [0, 0.1) is 11.3 Å². The molecule has 2 aromatic rings. The molecule has 25 heavy (non-hydrogen) atoms. The van der Waals surface area contributed by atoms with Crippen LogP contribution in [0.15, 0.2) is 35.5 Å². The maximum atomic E-state index is 13.0. The Hall–Kier alpha value is -2.21. The number of benzene rings is 1. The zero-order valence-electron chi connectivity index (χ0n) is 13.1. The number of halogens is 1. The van der Waals surface area contributed by atoms with Gasteiger partial charge in [-0.2, -0.15) is 9.57 Å². The molecule has 0 radical (unpaired) electrons. The van der Waals surface area contributed by atoms with Crippen LogP contribution in [0.25, 0.3) is 10.8 Å². The molecular weight excluding hydrogens is 364 g/mol. The quantitative estimate of drug-likeness (QED) is 0.871. The van der Waals surface area contributed by atoms with E-state index in [4.69, 9.17) is 16.9 Å². The molecule has 1 aromatic heterocycles. The number of fused-ring (bicyclic) bond motifs is 1. The summed E-state index contributed by atoms with van der Waals surface area (Å²) < 4.78 is 27.4. The summed E-state index contributed by atoms with van der Waals surface area (Å²) >= 11 is 6.17. The van der Waals surface area contributed by atoms with E-state index in [0.29, 0.717) is 23.7 Å². The lowest BCUT2D eigenvalue weighted by molar-refractivity contribution is -0.120. The average Bonchev–Trinajstić information content (AvgIpc) is 3.04. The number of carbonyl (C=O) groups excluding carboxylic acids is 1. The average molecular weight is 379 g/mol. The van der Waals surface area contributed by atoms with Gasteiger partial charge in [0.2, 0.25) is 15.9 Å². The third kappa shape index (κ3) is 3.44. The minimum absolute atomic E-state index is 0.126. The highest BCUT2D eigenvalue weighted by Gasteiger charge is 2.34. The minimum atomic E-state index is -3.76. The van der Waals surface area contributed by atoms with Crippen molar-refractivity contribution < 1.29 is 13.2 Å². The molecule has 1 N–H and O–H groups in total. The lowest BCUT2D eigenvalue weighted by Gasteiger charge is -2.18. The van der Waals surface area contributed by atoms with Gasteiger partial charge in [0.25, 0.3) is 0 Å². The van der Waals surface area contributed by atoms with Crippen molar-refractivity contribution in [3.8, 4) is 6.07 Å². The molecule has 1 unspecified atom stereocenters. The molecule has 9 heteroatoms. The van der Waals surface area contributed by atoms with E-state index in [0.717, 1.165) is 0 Å². The van der Waals surface area contributed by atoms with Gasteiger partial charge in [0.1, 0.15) is 6.42 Å². The van der Waals surface area contributed by atoms with Crippen LogP contribution in [0.1, 0.15) is 12.8 Å². The summed E-state index contributed by atoms with van der Waals surface area (Å²) in [5, 5.41) is 12.6. The first-order valence-corrected chi connectivity index (χ1v) is 9.44. The number of amides is 1. The van der Waals surface area contributed by atoms with Crippen LogP contribution < -0.4 is 5.32 Å². The Morgan fingerprint density at radius 2 is 2.24 bits per heavy atom. The monoisotopic (exact) mass is 378 g/mol. The van der Waals surface area contributed by atoms with E-state index in [1.54, 1.807) is 24.4 Å². The van der Waals surface area contributed by atoms with Crippen molar-refractivity contribution in [2.75, 3.05) is 13.1 Å². The summed E-state index contributed by atoms with van der Waals surface area (Å²) in [5.74, 6) is -0.397. The highest BCUT2D eigenvalue weighted by atomic mass is 35.5. The van der Waals surface area contributed by atoms with Gasteiger partial charge in [-0.1, -0.05) is 23.7 Å². The summed E-state index contributed by atoms with van der Waals surface area (Å²) in [7, 11) is -3.76. The number of hydrogen-bond donors (Lipinski definition) is 1. The minimum Gasteiger partial charge on any atom is -0.351 e. The Kier molecular flexibility index (Phi) is 4.90. The van der Waals surface area contributed by atoms with Crippen LogP contribution in [0.3, 0.4) is 0 Å². The fourth-order valence-electron chi connectivity index (χ4n) is 2.93. The number of carbonyl (C=O) groups is 1. The summed E-state index contributed by atoms with van der Waals surface area (Å²) in [4.78, 5) is 15.6. The molecule has 7 nitrogen and oxygen atoms in total. The molecule has 0 bridgehead atoms. The normalized spacial score (nSPS) is 18.2. The molecule has 0 aliphatic carbocycles. The molecule has 1 aromatic carbocycles. The number of nitrogens with one attached hydrogen (secondary N) is 1. The van der Waals surface area contributed by atoms with Crippen LogP contribution in [0.2, 0.25) is 5.02 Å². The van der Waals surface area contributed by atoms with Crippen LogP contribution in [0.5, 0.6) is 0 Å². The third-order valence-corrected chi connectivity index (χ3v) is 6.27. The standard InChI is InChI=1S/C16H15ClN4O3S/c17-13-9-19-8-11-2-1-3-14(16(11)13)25(23,24)21-7-5-12(10-21)20-15(22)4-6-18/h1-3,8-9,12H,4-5,7,10H2,(H,20,22). The van der Waals surface area contributed by atoms with Gasteiger partial charge < -0.3 is 5.32 Å². The second-order valence-corrected chi connectivity index (χ2v) is 8.04. The van der Waals surface area contributed by atoms with Crippen molar-refractivity contribution in [1.29, 1.82) is 5.26 Å². The fourth-order valence-corrected chi connectivity index (χ4v) is 4.99. The molecule has 3 rings (SSSR count). The van der Waals surface area contributed by atoms with Crippen molar-refractivity contribution in [3.63, 3.8) is 0 Å². The predicted octanol–water partition coefficient (Wildman–Crippen LogP) is 1.68. The molecule has 0 spiro atoms. The van der Waals surface area contributed by atoms with Crippen LogP contribution >= 0.6 is 11.6 Å². The van der Waals surface area contributed by atoms with Gasteiger partial charge >= 0.3 is 0 Å². The number of nitriles is 1. The van der Waals surface area contributed by atoms with Gasteiger partial charge in [-0.05, 0) is 12.5 Å². The van der Waals surface area contributed by atoms with Gasteiger partial charge in [-0.3, -0.25) is 9.78 Å². The zero-order valence-corrected chi connectivity index (χ0v) is 14.7. The van der Waals surface area contributed by atoms with E-state index >= 15 is 0 Å². The van der Waals surface area contributed by atoms with Gasteiger partial charge in [-0.25, -0.2) is 8.42 Å². The molecular formula is C16H15ClN4O3S. The first kappa shape index (κ1) is 17.6. The molecule has 1 atom stereocenters. The SMILES string of the molecule is N#CCC(=O)NC1CCN(S(=O)(=O)c2cccc3cncc(Cl)c23)C1. The highest BCUT2D eigenvalue weighted by molar-refractivity contribution is 7.89. The number of aromatic nitrogens is 1. The van der Waals surface area contributed by atoms with Crippen LogP contribution in [-0.4, -0.2) is 42.7 Å². The molecule has 1 fully saturated rings. The van der Waals surface area contributed by atoms with E-state index in [1.807, 2.05) is 0 Å². The number of pyridine rings is 1. The van der Waals surface area contributed by atoms with Gasteiger partial charge in [0.05, 0.1) is 16.0 Å². The second-order valence-electron chi connectivity index (χ2n) is 5.73. The van der Waals surface area contributed by atoms with Gasteiger partial charge in [0.15, 0.2) is 0 Å². The van der Waals surface area contributed by atoms with E-state index in [-0.39, 0.29) is 28.9 Å². The van der Waals surface area contributed by atoms with E-state index in [9.17, 15) is 13.2 Å². The molecule has 0 saturated carbocycles. The maximum absolute atomic E-state index is 13.0. The maximum Gasteiger partial charge on any atom is 0.243 e. The molecule has 2 heterocycles. The number of hydrogen-bond acceptors (Lipinski definition) is 5. The van der Waals surface area contributed by atoms with Crippen molar-refractivity contribution in [2.24, 2.45) is 0 Å². The Morgan fingerprint density at radius 1 is 1.44 bits per heavy atom. The van der Waals surface area contributed by atoms with Crippen molar-refractivity contribution in [3.05, 3.63) is 35.6 Å². The summed E-state index contributed by atoms with van der Waals surface area (Å²) in [6.45, 7) is 0.456. The Morgan fingerprint density at radius 3 is 3.00 bits per heavy atom. The number of nitrogens with zero attached hydrogens (tertiary/aromatic N) is 3. The summed E-state index contributed by atoms with van der Waals surface area (Å²) in [6.07, 6.45) is 3.23. The van der Waals surface area contributed by atoms with Crippen molar-refractivity contribution in [1.82, 2.24) is 14.6 Å². The molecule has 1 aliphatic rings. The third-order valence-electron chi connectivity index (χ3n) is 4.07. The topological polar surface area (TPSA) is 103 Å². The van der Waals surface area contributed by atoms with E-state index in [2.05, 4.69) is 10.3 Å². The Balaban J connectivity index is 1.89. The van der Waals surface area contributed by atoms with Crippen molar-refractivity contribution >= 4 is 38.3 Å². The zero-order chi connectivity index (χ0) is 18.0. The lowest BCUT2D eigenvalue weighted by Crippen LogP contribution is -2.38. The van der Waals surface area contributed by atoms with Crippen molar-refractivity contribution in [2.45, 2.75) is 23.8 Å². The van der Waals surface area contributed by atoms with Gasteiger partial charge in [-0.15, -0.1) is 0 Å². The summed E-state index contributed by atoms with van der Waals surface area (Å²) in [6, 6.07) is 6.39. The largest absolute Gasteiger partial charge is 0.351 e. The molecule has 1 amide bonds. The highest BCUT2D eigenvalue weighted by Crippen LogP contribution is 2.32. The van der Waals surface area contributed by atoms with E-state index in [1.165, 1.54) is 16.6 Å². The molecule has 1 saturated heterocycles. The predicted molar refractivity (Wildman–Crippen MR) is 92.3 cm³/mol. The molecule has 1 aliphatic heterocycles. The summed E-state index contributed by atoms with van der Waals surface area (Å²) in [5.41, 5.74) is 0. The first-order chi connectivity index (χ1) is 11.9. The van der Waals surface area contributed by atoms with Gasteiger partial charge in [0, 0.05) is 42.3 Å². The number of sulfonamides is 1. The molecule has 130 valence electrons. The lowest BCUT2D eigenvalue weighted by atomic mass is 10.2. The fraction of sp³-hybridized carbons (Fsp3) is 0.312. The number of rotatable bonds is 4. The van der Waals surface area contributed by atoms with Crippen LogP contribution in [-0.2, 0) is 14.8 Å². The Bertz CT molecular complexity index is 966. The first-order valence-electron chi connectivity index (χ1n) is 7.62. The Labute approximate surface area is 150 Å². The van der Waals surface area contributed by atoms with E-state index < -0.39 is 15.9 Å². The second kappa shape index (κ2) is 6.96.